The molecule has 1 heterocycles. The van der Waals surface area contributed by atoms with Crippen LogP contribution in [0.4, 0.5) is 4.79 Å². The van der Waals surface area contributed by atoms with Gasteiger partial charge >= 0.3 is 6.03 Å². The summed E-state index contributed by atoms with van der Waals surface area (Å²) in [4.78, 5) is 36.7. The van der Waals surface area contributed by atoms with E-state index in [0.717, 1.165) is 4.90 Å². The zero-order valence-corrected chi connectivity index (χ0v) is 10.2. The average molecular weight is 245 g/mol. The number of nitrogens with zero attached hydrogens (tertiary/aromatic N) is 2. The summed E-state index contributed by atoms with van der Waals surface area (Å²) in [6.07, 6.45) is 0.274. The van der Waals surface area contributed by atoms with Crippen molar-refractivity contribution in [2.24, 2.45) is 0 Å². The maximum Gasteiger partial charge on any atom is 0.353 e. The van der Waals surface area contributed by atoms with Gasteiger partial charge < -0.3 is 0 Å². The number of urea groups is 1. The molecule has 1 aliphatic rings. The van der Waals surface area contributed by atoms with Crippen LogP contribution in [-0.4, -0.2) is 29.8 Å². The first-order chi connectivity index (χ1) is 8.54. The van der Waals surface area contributed by atoms with E-state index in [0.29, 0.717) is 5.56 Å². The molecule has 18 heavy (non-hydrogen) atoms. The lowest BCUT2D eigenvalue weighted by molar-refractivity contribution is -0.144. The molecule has 4 amide bonds. The van der Waals surface area contributed by atoms with E-state index >= 15 is 0 Å². The number of carbonyl (C=O) groups excluding carboxylic acids is 3. The standard InChI is InChI=1S/C13H13N2O3/c1-3-13(9-7-5-4-6-8-9)10(16)14-12(18)15(2)11(13)17/h4-8H,3H2,1-2H3. The Balaban J connectivity index is 2.58. The van der Waals surface area contributed by atoms with Gasteiger partial charge in [-0.15, -0.1) is 0 Å². The molecule has 5 heteroatoms. The van der Waals surface area contributed by atoms with Crippen molar-refractivity contribution in [3.8, 4) is 0 Å². The number of hydrogen-bond donors (Lipinski definition) is 0. The molecule has 0 aromatic heterocycles. The third-order valence-corrected chi connectivity index (χ3v) is 3.32. The van der Waals surface area contributed by atoms with Crippen molar-refractivity contribution >= 4 is 17.8 Å². The van der Waals surface area contributed by atoms with Crippen molar-refractivity contribution in [1.29, 1.82) is 0 Å². The number of imide groups is 2. The van der Waals surface area contributed by atoms with Crippen molar-refractivity contribution in [1.82, 2.24) is 10.2 Å². The van der Waals surface area contributed by atoms with Crippen molar-refractivity contribution in [2.45, 2.75) is 18.8 Å². The first kappa shape index (κ1) is 12.3. The number of barbiturate groups is 1. The number of rotatable bonds is 2. The lowest BCUT2D eigenvalue weighted by Crippen LogP contribution is -2.62. The minimum absolute atomic E-state index is 0.274. The zero-order chi connectivity index (χ0) is 13.3. The van der Waals surface area contributed by atoms with Crippen LogP contribution in [0.3, 0.4) is 0 Å². The van der Waals surface area contributed by atoms with E-state index in [1.807, 2.05) is 0 Å². The molecule has 1 aliphatic heterocycles. The third kappa shape index (κ3) is 1.51. The summed E-state index contributed by atoms with van der Waals surface area (Å²) >= 11 is 0. The van der Waals surface area contributed by atoms with Gasteiger partial charge in [0.2, 0.25) is 0 Å². The van der Waals surface area contributed by atoms with Gasteiger partial charge in [-0.1, -0.05) is 37.3 Å². The molecule has 0 aliphatic carbocycles. The van der Waals surface area contributed by atoms with Crippen LogP contribution in [0.2, 0.25) is 0 Å². The summed E-state index contributed by atoms with van der Waals surface area (Å²) in [5, 5.41) is 3.44. The maximum absolute atomic E-state index is 12.3. The molecule has 1 fully saturated rings. The largest absolute Gasteiger partial charge is 0.353 e. The molecule has 93 valence electrons. The van der Waals surface area contributed by atoms with Crippen LogP contribution in [0.5, 0.6) is 0 Å². The maximum atomic E-state index is 12.3. The highest BCUT2D eigenvalue weighted by atomic mass is 16.2. The van der Waals surface area contributed by atoms with Crippen LogP contribution in [0.15, 0.2) is 30.3 Å². The van der Waals surface area contributed by atoms with Gasteiger partial charge in [-0.05, 0) is 12.0 Å². The predicted molar refractivity (Wildman–Crippen MR) is 63.7 cm³/mol. The van der Waals surface area contributed by atoms with Crippen molar-refractivity contribution < 1.29 is 14.4 Å². The Morgan fingerprint density at radius 2 is 1.78 bits per heavy atom. The second-order valence-electron chi connectivity index (χ2n) is 4.19. The molecular weight excluding hydrogens is 232 g/mol. The van der Waals surface area contributed by atoms with E-state index in [-0.39, 0.29) is 6.42 Å². The number of carbonyl (C=O) groups is 3. The fraction of sp³-hybridized carbons (Fsp3) is 0.308. The minimum Gasteiger partial charge on any atom is -0.273 e. The van der Waals surface area contributed by atoms with E-state index in [9.17, 15) is 14.4 Å². The fourth-order valence-electron chi connectivity index (χ4n) is 2.20. The van der Waals surface area contributed by atoms with Gasteiger partial charge in [0.1, 0.15) is 0 Å². The lowest BCUT2D eigenvalue weighted by Gasteiger charge is -2.36. The van der Waals surface area contributed by atoms with Gasteiger partial charge in [0.05, 0.1) is 0 Å². The highest BCUT2D eigenvalue weighted by molar-refractivity contribution is 6.22. The molecule has 1 aromatic rings. The third-order valence-electron chi connectivity index (χ3n) is 3.32. The van der Waals surface area contributed by atoms with Crippen LogP contribution < -0.4 is 5.32 Å². The molecule has 1 radical (unpaired) electrons. The molecular formula is C13H13N2O3. The highest BCUT2D eigenvalue weighted by Crippen LogP contribution is 2.33. The monoisotopic (exact) mass is 245 g/mol. The molecule has 1 saturated heterocycles. The van der Waals surface area contributed by atoms with E-state index in [1.54, 1.807) is 37.3 Å². The van der Waals surface area contributed by atoms with Crippen molar-refractivity contribution in [3.05, 3.63) is 35.9 Å². The predicted octanol–water partition coefficient (Wildman–Crippen LogP) is 1.06. The Hall–Kier alpha value is -2.17. The Kier molecular flexibility index (Phi) is 2.90. The number of likely N-dealkylation sites (N-methyl/N-ethyl adjacent to an activating group) is 1. The molecule has 0 bridgehead atoms. The van der Waals surface area contributed by atoms with Crippen LogP contribution in [0, 0.1) is 0 Å². The molecule has 1 atom stereocenters. The van der Waals surface area contributed by atoms with E-state index < -0.39 is 23.3 Å². The summed E-state index contributed by atoms with van der Waals surface area (Å²) in [7, 11) is 1.34. The van der Waals surface area contributed by atoms with Crippen LogP contribution in [-0.2, 0) is 15.0 Å². The SMILES string of the molecule is CCC1(c2ccccc2)C(=O)[N]C(=O)N(C)C1=O. The summed E-state index contributed by atoms with van der Waals surface area (Å²) < 4.78 is 0. The second kappa shape index (κ2) is 4.25. The van der Waals surface area contributed by atoms with E-state index in [4.69, 9.17) is 0 Å². The minimum atomic E-state index is -1.36. The van der Waals surface area contributed by atoms with Gasteiger partial charge in [-0.2, -0.15) is 5.32 Å². The normalized spacial score (nSPS) is 24.1. The summed E-state index contributed by atoms with van der Waals surface area (Å²) in [6.45, 7) is 1.74. The molecule has 5 nitrogen and oxygen atoms in total. The van der Waals surface area contributed by atoms with E-state index in [1.165, 1.54) is 7.05 Å². The Bertz CT molecular complexity index is 512. The lowest BCUT2D eigenvalue weighted by atomic mass is 9.75. The van der Waals surface area contributed by atoms with Crippen molar-refractivity contribution in [2.75, 3.05) is 7.05 Å². The van der Waals surface area contributed by atoms with Crippen LogP contribution in [0.1, 0.15) is 18.9 Å². The highest BCUT2D eigenvalue weighted by Gasteiger charge is 2.53. The van der Waals surface area contributed by atoms with Crippen molar-refractivity contribution in [3.63, 3.8) is 0 Å². The number of hydrogen-bond acceptors (Lipinski definition) is 3. The van der Waals surface area contributed by atoms with Gasteiger partial charge in [0.25, 0.3) is 11.8 Å². The molecule has 0 N–H and O–H groups in total. The summed E-state index contributed by atoms with van der Waals surface area (Å²) in [5.74, 6) is -1.19. The Labute approximate surface area is 105 Å². The molecule has 0 spiro atoms. The van der Waals surface area contributed by atoms with Crippen LogP contribution in [0.25, 0.3) is 0 Å². The second-order valence-corrected chi connectivity index (χ2v) is 4.19. The quantitative estimate of drug-likeness (QED) is 0.731. The Morgan fingerprint density at radius 1 is 1.17 bits per heavy atom. The first-order valence-electron chi connectivity index (χ1n) is 5.68. The van der Waals surface area contributed by atoms with Gasteiger partial charge in [0, 0.05) is 7.05 Å². The fourth-order valence-corrected chi connectivity index (χ4v) is 2.20. The Morgan fingerprint density at radius 3 is 2.33 bits per heavy atom. The smallest absolute Gasteiger partial charge is 0.273 e. The average Bonchev–Trinajstić information content (AvgIpc) is 2.39. The number of amides is 4. The first-order valence-corrected chi connectivity index (χ1v) is 5.68. The van der Waals surface area contributed by atoms with Crippen LogP contribution >= 0.6 is 0 Å². The molecule has 1 unspecified atom stereocenters. The van der Waals surface area contributed by atoms with Gasteiger partial charge in [0.15, 0.2) is 5.41 Å². The van der Waals surface area contributed by atoms with Gasteiger partial charge in [-0.25, -0.2) is 4.79 Å². The molecule has 0 saturated carbocycles. The van der Waals surface area contributed by atoms with E-state index in [2.05, 4.69) is 5.32 Å². The zero-order valence-electron chi connectivity index (χ0n) is 10.2. The molecule has 1 aromatic carbocycles. The molecule has 2 rings (SSSR count). The van der Waals surface area contributed by atoms with Gasteiger partial charge in [-0.3, -0.25) is 14.5 Å². The number of benzene rings is 1. The summed E-state index contributed by atoms with van der Waals surface area (Å²) in [5.41, 5.74) is -0.783. The topological polar surface area (TPSA) is 68.6 Å². The summed E-state index contributed by atoms with van der Waals surface area (Å²) in [6, 6.07) is 7.92.